The fourth-order valence-corrected chi connectivity index (χ4v) is 3.90. The van der Waals surface area contributed by atoms with Gasteiger partial charge in [0.2, 0.25) is 5.91 Å². The van der Waals surface area contributed by atoms with Gasteiger partial charge in [-0.15, -0.1) is 0 Å². The number of amides is 2. The number of benzene rings is 2. The summed E-state index contributed by atoms with van der Waals surface area (Å²) >= 11 is 0. The zero-order chi connectivity index (χ0) is 18.3. The number of anilines is 2. The fraction of sp³-hybridized carbons (Fsp3) is 0.333. The average Bonchev–Trinajstić information content (AvgIpc) is 3.17. The topological polar surface area (TPSA) is 52.7 Å². The van der Waals surface area contributed by atoms with Crippen LogP contribution in [0.1, 0.15) is 41.7 Å². The molecule has 2 atom stereocenters. The Labute approximate surface area is 153 Å². The minimum atomic E-state index is -0.0650. The van der Waals surface area contributed by atoms with E-state index in [9.17, 15) is 9.59 Å². The summed E-state index contributed by atoms with van der Waals surface area (Å²) in [6.45, 7) is 2.91. The average molecular weight is 349 g/mol. The molecule has 26 heavy (non-hydrogen) atoms. The van der Waals surface area contributed by atoms with Gasteiger partial charge in [0.05, 0.1) is 17.4 Å². The molecule has 2 aliphatic heterocycles. The van der Waals surface area contributed by atoms with Crippen LogP contribution in [0.5, 0.6) is 0 Å². The Hall–Kier alpha value is -2.82. The number of carbonyl (C=O) groups excluding carboxylic acids is 2. The molecule has 5 nitrogen and oxygen atoms in total. The molecule has 0 aromatic heterocycles. The van der Waals surface area contributed by atoms with E-state index in [4.69, 9.17) is 0 Å². The Kier molecular flexibility index (Phi) is 4.15. The van der Waals surface area contributed by atoms with Crippen LogP contribution >= 0.6 is 0 Å². The monoisotopic (exact) mass is 349 g/mol. The normalized spacial score (nSPS) is 19.4. The molecular weight excluding hydrogens is 326 g/mol. The summed E-state index contributed by atoms with van der Waals surface area (Å²) < 4.78 is 0. The highest BCUT2D eigenvalue weighted by atomic mass is 16.2. The molecule has 5 heteroatoms. The lowest BCUT2D eigenvalue weighted by molar-refractivity contribution is -0.117. The van der Waals surface area contributed by atoms with E-state index >= 15 is 0 Å². The molecule has 0 unspecified atom stereocenters. The van der Waals surface area contributed by atoms with Crippen molar-refractivity contribution in [3.63, 3.8) is 0 Å². The summed E-state index contributed by atoms with van der Waals surface area (Å²) in [5, 5.41) is 2.98. The van der Waals surface area contributed by atoms with E-state index in [0.717, 1.165) is 36.3 Å². The third-order valence-electron chi connectivity index (χ3n) is 5.55. The minimum absolute atomic E-state index is 0.0303. The summed E-state index contributed by atoms with van der Waals surface area (Å²) in [6.07, 6.45) is 1.92. The molecule has 2 aromatic rings. The van der Waals surface area contributed by atoms with Crippen molar-refractivity contribution >= 4 is 23.2 Å². The second kappa shape index (κ2) is 6.48. The van der Waals surface area contributed by atoms with E-state index in [-0.39, 0.29) is 23.9 Å². The van der Waals surface area contributed by atoms with Crippen LogP contribution in [0.3, 0.4) is 0 Å². The molecule has 2 amide bonds. The minimum Gasteiger partial charge on any atom is -0.358 e. The molecule has 0 radical (unpaired) electrons. The van der Waals surface area contributed by atoms with Gasteiger partial charge in [0, 0.05) is 19.2 Å². The van der Waals surface area contributed by atoms with Gasteiger partial charge in [-0.1, -0.05) is 30.3 Å². The standard InChI is InChI=1S/C21H23N3O2/c1-14(15-7-4-3-5-8-15)23(2)21(26)16-10-11-18-17(13-16)22-20(25)19-9-6-12-24(18)19/h3-5,7-8,10-11,13-14,19H,6,9,12H2,1-2H3,(H,22,25)/t14-,19-/m1/s1. The van der Waals surface area contributed by atoms with Crippen LogP contribution in [0.4, 0.5) is 11.4 Å². The number of rotatable bonds is 3. The van der Waals surface area contributed by atoms with Crippen molar-refractivity contribution in [1.29, 1.82) is 0 Å². The number of nitrogens with zero attached hydrogens (tertiary/aromatic N) is 2. The van der Waals surface area contributed by atoms with Crippen LogP contribution < -0.4 is 10.2 Å². The van der Waals surface area contributed by atoms with Gasteiger partial charge in [0.1, 0.15) is 6.04 Å². The quantitative estimate of drug-likeness (QED) is 0.923. The molecule has 4 rings (SSSR count). The van der Waals surface area contributed by atoms with E-state index in [1.165, 1.54) is 0 Å². The summed E-state index contributed by atoms with van der Waals surface area (Å²) in [6, 6.07) is 15.5. The summed E-state index contributed by atoms with van der Waals surface area (Å²) in [5.41, 5.74) is 3.43. The Balaban J connectivity index is 1.59. The van der Waals surface area contributed by atoms with Gasteiger partial charge in [-0.3, -0.25) is 9.59 Å². The number of fused-ring (bicyclic) bond motifs is 3. The number of hydrogen-bond donors (Lipinski definition) is 1. The van der Waals surface area contributed by atoms with E-state index in [0.29, 0.717) is 5.56 Å². The first-order valence-corrected chi connectivity index (χ1v) is 9.10. The van der Waals surface area contributed by atoms with Crippen LogP contribution in [0.25, 0.3) is 0 Å². The highest BCUT2D eigenvalue weighted by molar-refractivity contribution is 6.06. The summed E-state index contributed by atoms with van der Waals surface area (Å²) in [4.78, 5) is 29.1. The molecule has 2 aromatic carbocycles. The van der Waals surface area contributed by atoms with Crippen LogP contribution in [-0.4, -0.2) is 36.3 Å². The van der Waals surface area contributed by atoms with Gasteiger partial charge < -0.3 is 15.1 Å². The molecule has 0 spiro atoms. The van der Waals surface area contributed by atoms with Crippen molar-refractivity contribution in [3.8, 4) is 0 Å². The lowest BCUT2D eigenvalue weighted by atomic mass is 10.0. The molecular formula is C21H23N3O2. The maximum absolute atomic E-state index is 13.0. The van der Waals surface area contributed by atoms with Crippen molar-refractivity contribution in [2.75, 3.05) is 23.8 Å². The summed E-state index contributed by atoms with van der Waals surface area (Å²) in [7, 11) is 1.81. The second-order valence-corrected chi connectivity index (χ2v) is 7.08. The Bertz CT molecular complexity index is 850. The predicted molar refractivity (Wildman–Crippen MR) is 102 cm³/mol. The van der Waals surface area contributed by atoms with E-state index in [2.05, 4.69) is 10.2 Å². The third-order valence-corrected chi connectivity index (χ3v) is 5.55. The van der Waals surface area contributed by atoms with Crippen LogP contribution in [0.15, 0.2) is 48.5 Å². The molecule has 1 saturated heterocycles. The van der Waals surface area contributed by atoms with Gasteiger partial charge in [0.15, 0.2) is 0 Å². The largest absolute Gasteiger partial charge is 0.358 e. The summed E-state index contributed by atoms with van der Waals surface area (Å²) in [5.74, 6) is -0.0208. The molecule has 134 valence electrons. The van der Waals surface area contributed by atoms with Gasteiger partial charge in [0.25, 0.3) is 5.91 Å². The van der Waals surface area contributed by atoms with E-state index < -0.39 is 0 Å². The van der Waals surface area contributed by atoms with Crippen LogP contribution in [0.2, 0.25) is 0 Å². The van der Waals surface area contributed by atoms with Gasteiger partial charge in [-0.05, 0) is 43.5 Å². The first kappa shape index (κ1) is 16.6. The molecule has 2 heterocycles. The smallest absolute Gasteiger partial charge is 0.254 e. The van der Waals surface area contributed by atoms with Gasteiger partial charge >= 0.3 is 0 Å². The number of carbonyl (C=O) groups is 2. The van der Waals surface area contributed by atoms with Crippen molar-refractivity contribution in [1.82, 2.24) is 4.90 Å². The van der Waals surface area contributed by atoms with E-state index in [1.807, 2.05) is 56.4 Å². The van der Waals surface area contributed by atoms with Crippen molar-refractivity contribution < 1.29 is 9.59 Å². The molecule has 2 aliphatic rings. The molecule has 1 fully saturated rings. The first-order chi connectivity index (χ1) is 12.6. The van der Waals surface area contributed by atoms with Gasteiger partial charge in [-0.2, -0.15) is 0 Å². The Morgan fingerprint density at radius 3 is 2.77 bits per heavy atom. The molecule has 0 saturated carbocycles. The Morgan fingerprint density at radius 1 is 1.23 bits per heavy atom. The highest BCUT2D eigenvalue weighted by Gasteiger charge is 2.36. The van der Waals surface area contributed by atoms with Crippen molar-refractivity contribution in [2.45, 2.75) is 31.8 Å². The van der Waals surface area contributed by atoms with Crippen LogP contribution in [-0.2, 0) is 4.79 Å². The third kappa shape index (κ3) is 2.73. The lowest BCUT2D eigenvalue weighted by Crippen LogP contribution is -2.44. The highest BCUT2D eigenvalue weighted by Crippen LogP contribution is 2.37. The van der Waals surface area contributed by atoms with E-state index in [1.54, 1.807) is 11.0 Å². The second-order valence-electron chi connectivity index (χ2n) is 7.08. The Morgan fingerprint density at radius 2 is 2.00 bits per heavy atom. The fourth-order valence-electron chi connectivity index (χ4n) is 3.90. The zero-order valence-electron chi connectivity index (χ0n) is 15.1. The lowest BCUT2D eigenvalue weighted by Gasteiger charge is -2.33. The molecule has 0 bridgehead atoms. The van der Waals surface area contributed by atoms with Crippen molar-refractivity contribution in [2.24, 2.45) is 0 Å². The maximum atomic E-state index is 13.0. The molecule has 0 aliphatic carbocycles. The van der Waals surface area contributed by atoms with Crippen LogP contribution in [0, 0.1) is 0 Å². The first-order valence-electron chi connectivity index (χ1n) is 9.10. The SMILES string of the molecule is C[C@H](c1ccccc1)N(C)C(=O)c1ccc2c(c1)NC(=O)[C@H]1CCCN21. The van der Waals surface area contributed by atoms with Crippen molar-refractivity contribution in [3.05, 3.63) is 59.7 Å². The number of hydrogen-bond acceptors (Lipinski definition) is 3. The zero-order valence-corrected chi connectivity index (χ0v) is 15.1. The predicted octanol–water partition coefficient (Wildman–Crippen LogP) is 3.44. The number of nitrogens with one attached hydrogen (secondary N) is 1. The molecule has 1 N–H and O–H groups in total. The van der Waals surface area contributed by atoms with Gasteiger partial charge in [-0.25, -0.2) is 0 Å². The maximum Gasteiger partial charge on any atom is 0.254 e.